The lowest BCUT2D eigenvalue weighted by Crippen LogP contribution is -2.34. The van der Waals surface area contributed by atoms with Gasteiger partial charge in [0.05, 0.1) is 122 Å². The van der Waals surface area contributed by atoms with Crippen molar-refractivity contribution in [1.82, 2.24) is 30.9 Å². The normalized spacial score (nSPS) is 11.2. The Morgan fingerprint density at radius 3 is 0.933 bits per heavy atom. The van der Waals surface area contributed by atoms with Gasteiger partial charge in [-0.2, -0.15) is 0 Å². The van der Waals surface area contributed by atoms with Gasteiger partial charge >= 0.3 is 17.1 Å². The van der Waals surface area contributed by atoms with Gasteiger partial charge in [-0.25, -0.2) is 63.4 Å². The fourth-order valence-corrected chi connectivity index (χ4v) is 19.9. The van der Waals surface area contributed by atoms with Crippen LogP contribution in [0, 0.1) is 67.4 Å². The molecule has 8 N–H and O–H groups in total. The number of nitrogens with zero attached hydrogens (tertiary/aromatic N) is 12. The number of terminal acetylenes is 3. The summed E-state index contributed by atoms with van der Waals surface area (Å²) in [4.78, 5) is 29.8. The van der Waals surface area contributed by atoms with Gasteiger partial charge in [-0.3, -0.25) is 39.8 Å². The molecule has 0 unspecified atom stereocenters. The maximum atomic E-state index is 13.3. The maximum absolute atomic E-state index is 13.3. The molecular formula is C87H110BrClN18O33S6Si3. The van der Waals surface area contributed by atoms with Crippen LogP contribution < -0.4 is 72.9 Å². The molecule has 0 aliphatic carbocycles. The van der Waals surface area contributed by atoms with E-state index in [-0.39, 0.29) is 119 Å². The third-order valence-corrected chi connectivity index (χ3v) is 33.2. The van der Waals surface area contributed by atoms with Gasteiger partial charge in [0.25, 0.3) is 59.2 Å². The molecule has 0 spiro atoms. The first-order valence-corrected chi connectivity index (χ1v) is 64.5. The molecule has 808 valence electrons. The number of nitro groups is 3. The van der Waals surface area contributed by atoms with Crippen LogP contribution in [0.1, 0.15) is 0 Å². The lowest BCUT2D eigenvalue weighted by molar-refractivity contribution is -0.385. The number of hydrogen-bond acceptors (Lipinski definition) is 43. The number of benzene rings is 6. The molecule has 6 heterocycles. The van der Waals surface area contributed by atoms with E-state index >= 15 is 0 Å². The van der Waals surface area contributed by atoms with Gasteiger partial charge < -0.3 is 91.9 Å². The minimum Gasteiger partial charge on any atom is -0.495 e. The Labute approximate surface area is 875 Å². The van der Waals surface area contributed by atoms with Crippen molar-refractivity contribution < 1.29 is 135 Å². The van der Waals surface area contributed by atoms with Crippen LogP contribution in [0.3, 0.4) is 0 Å². The van der Waals surface area contributed by atoms with Gasteiger partial charge in [-0.15, -0.1) is 19.3 Å². The zero-order valence-corrected chi connectivity index (χ0v) is 93.0. The SMILES string of the molecule is C#CCBr.C#CCNc1ccc(S(=O)(=O)N(COCC[Si](C)(C)C)c2ccon2)cc1OC.C#CCNc1ccc(S(=O)(=O)Nc2ccon2)cc1OC.COc1cc(S(=O)(=O)Cl)ccc1[N+](=O)[O-].COc1cc(S(=O)(=O)N(COCC[Si](C)(C)C)c2ccon2)ccc1N.COc1cc(S(=O)(=O)N(COCC[Si](C)(C)C)c2ccon2)ccc1[N+](=O)[O-].COc1cc(S(=O)(=O)Nc2ccon2)ccc1[N+](=O)[O-].Nc1ccon1. The molecule has 0 saturated heterocycles. The molecule has 6 aromatic heterocycles. The first kappa shape index (κ1) is 125. The van der Waals surface area contributed by atoms with Gasteiger partial charge in [0.1, 0.15) is 75.0 Å². The Morgan fingerprint density at radius 2 is 0.658 bits per heavy atom. The third kappa shape index (κ3) is 40.6. The minimum atomic E-state index is -4.12. The van der Waals surface area contributed by atoms with Crippen molar-refractivity contribution >= 4 is 179 Å². The molecule has 12 rings (SSSR count). The number of ether oxygens (including phenoxy) is 9. The largest absolute Gasteiger partial charge is 0.495 e. The highest BCUT2D eigenvalue weighted by molar-refractivity contribution is 9.09. The Hall–Kier alpha value is -14.5. The van der Waals surface area contributed by atoms with Gasteiger partial charge in [-0.1, -0.05) is 124 Å². The number of methoxy groups -OCH3 is 6. The standard InChI is InChI=1S/C19H27N3O5SSi.C16H23N3O7SSi.C16H25N3O5SSi.C13H13N3O4S.C10H9N3O6S.C7H6ClNO5S.C3H3Br.C3H4N2O/c1-6-10-20-17-8-7-16(14-18(17)25-2)28(23,24)22(19-9-11-27-21-19)15-26-12-13-29(3,4)5;1-24-15-11-13(5-6-14(15)19(20)21)27(22,23)18(16-7-8-26-17-16)12-25-9-10-28(2,3)4;1-22-15-11-13(5-6-14(15)17)25(20,21)19(16-7-8-24-18-16)12-23-9-10-26(2,3)4;1-3-7-14-11-5-4-10(9-12(11)19-2)21(17,18)16-13-6-8-20-15-13;1-18-9-6-7(2-3-8(9)13(14)15)20(16,17)12-10-4-5-19-11-10;1-14-7-4-5(15(8,12)13)2-3-6(7)9(10)11;1-2-3-4;4-3-1-2-6-5-3/h1,7-9,11,14,20H,10,12-13,15H2,2-5H3;5-8,11H,9-10,12H2,1-4H3;5-8,11H,9-10,12,17H2,1-4H3;1,4-6,8-9,14H,7H2,2H3,(H,15,16);2-6H,1H3,(H,11,12);2-4H,1H3;1H,3H2;1-2H,(H2,4,5). The summed E-state index contributed by atoms with van der Waals surface area (Å²) >= 11 is 3.01. The van der Waals surface area contributed by atoms with Gasteiger partial charge in [-0.05, 0) is 72.7 Å². The number of anilines is 9. The number of halogens is 2. The van der Waals surface area contributed by atoms with Crippen LogP contribution in [0.5, 0.6) is 34.5 Å². The highest BCUT2D eigenvalue weighted by atomic mass is 79.9. The predicted molar refractivity (Wildman–Crippen MR) is 564 cm³/mol. The zero-order valence-electron chi connectivity index (χ0n) is 82.7. The van der Waals surface area contributed by atoms with Gasteiger partial charge in [0.2, 0.25) is 0 Å². The number of nitrogens with one attached hydrogen (secondary N) is 4. The molecule has 0 radical (unpaired) electrons. The van der Waals surface area contributed by atoms with Crippen LogP contribution in [-0.2, 0) is 73.4 Å². The molecule has 0 bridgehead atoms. The van der Waals surface area contributed by atoms with Crippen LogP contribution in [-0.4, -0.2) is 222 Å². The van der Waals surface area contributed by atoms with Crippen molar-refractivity contribution in [2.24, 2.45) is 0 Å². The summed E-state index contributed by atoms with van der Waals surface area (Å²) in [5.74, 6) is 8.65. The summed E-state index contributed by atoms with van der Waals surface area (Å²) in [6.07, 6.45) is 22.9. The van der Waals surface area contributed by atoms with Crippen LogP contribution in [0.4, 0.5) is 69.0 Å². The van der Waals surface area contributed by atoms with E-state index in [9.17, 15) is 80.8 Å². The number of sulfonamides is 5. The van der Waals surface area contributed by atoms with E-state index in [0.29, 0.717) is 72.6 Å². The monoisotopic (exact) mass is 2320 g/mol. The molecule has 0 atom stereocenters. The van der Waals surface area contributed by atoms with E-state index in [2.05, 4.69) is 162 Å². The van der Waals surface area contributed by atoms with Crippen molar-refractivity contribution in [3.63, 3.8) is 0 Å². The maximum Gasteiger partial charge on any atom is 0.310 e. The first-order valence-electron chi connectivity index (χ1n) is 42.7. The summed E-state index contributed by atoms with van der Waals surface area (Å²) in [6, 6.07) is 34.1. The molecule has 62 heteroatoms. The average molecular weight is 2330 g/mol. The Kier molecular flexibility index (Phi) is 49.3. The molecular weight excluding hydrogens is 2220 g/mol. The van der Waals surface area contributed by atoms with Crippen LogP contribution >= 0.6 is 26.6 Å². The number of nitro benzene ring substituents is 3. The zero-order chi connectivity index (χ0) is 111. The lowest BCUT2D eigenvalue weighted by atomic mass is 10.3. The topological polar surface area (TPSA) is 683 Å². The molecule has 12 aromatic rings. The molecule has 0 aliphatic heterocycles. The molecule has 51 nitrogen and oxygen atoms in total. The number of nitrogen functional groups attached to an aromatic ring is 2. The average Bonchev–Trinajstić information content (AvgIpc) is 1.77. The number of alkyl halides is 1. The minimum absolute atomic E-state index is 0.00215. The van der Waals surface area contributed by atoms with E-state index in [0.717, 1.165) is 85.6 Å². The van der Waals surface area contributed by atoms with Gasteiger partial charge in [0.15, 0.2) is 52.2 Å². The van der Waals surface area contributed by atoms with E-state index in [1.54, 1.807) is 18.2 Å². The summed E-state index contributed by atoms with van der Waals surface area (Å²) in [5, 5.41) is 60.3. The first-order chi connectivity index (χ1) is 70.1. The fraction of sp³-hybridized carbons (Fsp3) is 0.310. The lowest BCUT2D eigenvalue weighted by Gasteiger charge is -2.23. The molecule has 149 heavy (non-hydrogen) atoms. The number of aromatic nitrogens is 6. The fourth-order valence-electron chi connectivity index (χ4n) is 10.9. The van der Waals surface area contributed by atoms with Crippen molar-refractivity contribution in [2.45, 2.75) is 106 Å². The third-order valence-electron chi connectivity index (χ3n) is 18.6. The Balaban J connectivity index is 0.000000311. The second kappa shape index (κ2) is 58.9. The summed E-state index contributed by atoms with van der Waals surface area (Å²) in [7, 11) is -14.5. The molecule has 0 amide bonds. The van der Waals surface area contributed by atoms with Crippen LogP contribution in [0.15, 0.2) is 240 Å². The molecule has 0 saturated carbocycles. The van der Waals surface area contributed by atoms with Crippen molar-refractivity contribution in [1.29, 1.82) is 0 Å². The summed E-state index contributed by atoms with van der Waals surface area (Å²) < 4.78 is 231. The second-order valence-corrected chi connectivity index (χ2v) is 61.8. The Bertz CT molecular complexity index is 7150. The number of nitrogens with two attached hydrogens (primary N) is 2. The number of rotatable bonds is 44. The molecule has 6 aromatic carbocycles. The van der Waals surface area contributed by atoms with Crippen LogP contribution in [0.25, 0.3) is 0 Å². The second-order valence-electron chi connectivity index (χ2n) is 32.9. The van der Waals surface area contributed by atoms with E-state index in [1.165, 1.54) is 153 Å². The van der Waals surface area contributed by atoms with Crippen molar-refractivity contribution in [3.05, 3.63) is 214 Å². The molecule has 0 fully saturated rings. The van der Waals surface area contributed by atoms with E-state index < -0.39 is 98.2 Å². The summed E-state index contributed by atoms with van der Waals surface area (Å²) in [6.45, 7) is 21.3. The predicted octanol–water partition coefficient (Wildman–Crippen LogP) is 14.8. The Morgan fingerprint density at radius 1 is 0.383 bits per heavy atom. The van der Waals surface area contributed by atoms with E-state index in [1.807, 2.05) is 0 Å². The highest BCUT2D eigenvalue weighted by Crippen LogP contribution is 2.38. The number of hydrogen-bond donors (Lipinski definition) is 6. The van der Waals surface area contributed by atoms with Crippen LogP contribution in [0.2, 0.25) is 77.1 Å². The van der Waals surface area contributed by atoms with Crippen molar-refractivity contribution in [2.75, 3.05) is 146 Å². The smallest absolute Gasteiger partial charge is 0.310 e. The summed E-state index contributed by atoms with van der Waals surface area (Å²) in [5.41, 5.74) is 11.4. The molecule has 0 aliphatic rings. The van der Waals surface area contributed by atoms with E-state index in [4.69, 9.17) is 92.9 Å². The van der Waals surface area contributed by atoms with Crippen molar-refractivity contribution in [3.8, 4) is 71.5 Å². The highest BCUT2D eigenvalue weighted by Gasteiger charge is 2.34. The van der Waals surface area contributed by atoms with Gasteiger partial charge in [0, 0.05) is 146 Å². The quantitative estimate of drug-likeness (QED) is 0.00238.